The maximum absolute atomic E-state index is 14.7. The molecule has 2 bridgehead atoms. The van der Waals surface area contributed by atoms with Gasteiger partial charge in [-0.1, -0.05) is 73.3 Å². The van der Waals surface area contributed by atoms with Gasteiger partial charge in [-0.25, -0.2) is 9.59 Å². The van der Waals surface area contributed by atoms with Crippen LogP contribution in [0.15, 0.2) is 97.1 Å². The SMILES string of the molecule is C=C(C)C(=O)OC(C)COC12c3ccccc3C(OCC(C)OC(=O)C(=C)C)(c3ccc(Cl)cc31)C(C(=O)Nc1ccccc1)C2C(=O)O. The number of anilines is 1. The predicted molar refractivity (Wildman–Crippen MR) is 182 cm³/mol. The van der Waals surface area contributed by atoms with E-state index in [9.17, 15) is 24.3 Å². The fourth-order valence-corrected chi connectivity index (χ4v) is 6.90. The molecule has 0 fully saturated rings. The van der Waals surface area contributed by atoms with Gasteiger partial charge >= 0.3 is 17.9 Å². The molecule has 0 spiro atoms. The zero-order chi connectivity index (χ0) is 35.7. The summed E-state index contributed by atoms with van der Waals surface area (Å²) in [6, 6.07) is 20.6. The smallest absolute Gasteiger partial charge is 0.333 e. The third-order valence-electron chi connectivity index (χ3n) is 8.71. The Labute approximate surface area is 289 Å². The minimum Gasteiger partial charge on any atom is -0.481 e. The number of ether oxygens (including phenoxy) is 4. The molecule has 256 valence electrons. The average Bonchev–Trinajstić information content (AvgIpc) is 3.06. The van der Waals surface area contributed by atoms with Crippen LogP contribution in [0, 0.1) is 11.8 Å². The number of nitrogens with one attached hydrogen (secondary N) is 1. The molecule has 3 aromatic rings. The normalized spacial score (nSPS) is 22.9. The van der Waals surface area contributed by atoms with Crippen molar-refractivity contribution in [3.05, 3.63) is 124 Å². The Morgan fingerprint density at radius 2 is 1.22 bits per heavy atom. The van der Waals surface area contributed by atoms with Gasteiger partial charge in [-0.2, -0.15) is 0 Å². The lowest BCUT2D eigenvalue weighted by Crippen LogP contribution is -2.67. The Kier molecular flexibility index (Phi) is 10.1. The Hall–Kier alpha value is -4.77. The van der Waals surface area contributed by atoms with Crippen LogP contribution in [0.4, 0.5) is 5.69 Å². The van der Waals surface area contributed by atoms with Crippen LogP contribution in [0.25, 0.3) is 0 Å². The summed E-state index contributed by atoms with van der Waals surface area (Å²) >= 11 is 6.59. The lowest BCUT2D eigenvalue weighted by atomic mass is 9.49. The summed E-state index contributed by atoms with van der Waals surface area (Å²) in [7, 11) is 0. The highest BCUT2D eigenvalue weighted by Gasteiger charge is 2.71. The zero-order valence-corrected chi connectivity index (χ0v) is 28.4. The minimum absolute atomic E-state index is 0.189. The number of hydrogen-bond acceptors (Lipinski definition) is 8. The summed E-state index contributed by atoms with van der Waals surface area (Å²) in [5.41, 5.74) is -0.940. The number of carboxylic acid groups (broad SMARTS) is 1. The van der Waals surface area contributed by atoms with E-state index in [2.05, 4.69) is 18.5 Å². The van der Waals surface area contributed by atoms with E-state index >= 15 is 0 Å². The van der Waals surface area contributed by atoms with E-state index in [0.717, 1.165) is 0 Å². The van der Waals surface area contributed by atoms with E-state index < -0.39 is 59.1 Å². The number of para-hydroxylation sites is 1. The maximum atomic E-state index is 14.7. The largest absolute Gasteiger partial charge is 0.481 e. The van der Waals surface area contributed by atoms with Crippen molar-refractivity contribution in [1.82, 2.24) is 0 Å². The van der Waals surface area contributed by atoms with Crippen LogP contribution in [0.2, 0.25) is 5.02 Å². The van der Waals surface area contributed by atoms with Crippen LogP contribution in [0.1, 0.15) is 49.9 Å². The van der Waals surface area contributed by atoms with Gasteiger partial charge in [0.1, 0.15) is 29.3 Å². The first-order valence-corrected chi connectivity index (χ1v) is 16.1. The van der Waals surface area contributed by atoms with Gasteiger partial charge in [-0.15, -0.1) is 0 Å². The standard InChI is InChI=1S/C38H38ClNO9/c1-21(2)35(44)48-23(5)19-46-37-27-14-10-11-15-28(27)38(30-18-25(39)16-17-29(30)37,47-20-24(6)49-36(45)22(3)4)32(34(42)43)31(37)33(41)40-26-12-8-7-9-13-26/h7-18,23-24,31-32H,1,3,19-20H2,2,4-6H3,(H,40,41)(H,42,43). The van der Waals surface area contributed by atoms with Crippen molar-refractivity contribution < 1.29 is 43.2 Å². The summed E-state index contributed by atoms with van der Waals surface area (Å²) in [5.74, 6) is -6.26. The number of rotatable bonds is 13. The molecular weight excluding hydrogens is 650 g/mol. The van der Waals surface area contributed by atoms with Gasteiger partial charge in [0.05, 0.1) is 19.1 Å². The second-order valence-electron chi connectivity index (χ2n) is 12.5. The number of carbonyl (C=O) groups is 4. The molecule has 6 rings (SSSR count). The van der Waals surface area contributed by atoms with Crippen molar-refractivity contribution in [3.8, 4) is 0 Å². The highest BCUT2D eigenvalue weighted by Crippen LogP contribution is 2.65. The van der Waals surface area contributed by atoms with Crippen molar-refractivity contribution in [3.63, 3.8) is 0 Å². The molecule has 3 aromatic carbocycles. The number of fused-ring (bicyclic) bond motifs is 1. The van der Waals surface area contributed by atoms with Gasteiger partial charge in [0.2, 0.25) is 5.91 Å². The van der Waals surface area contributed by atoms with Crippen LogP contribution in [0.5, 0.6) is 0 Å². The lowest BCUT2D eigenvalue weighted by molar-refractivity contribution is -0.205. The van der Waals surface area contributed by atoms with Crippen molar-refractivity contribution in [2.75, 3.05) is 18.5 Å². The third kappa shape index (κ3) is 6.39. The first kappa shape index (κ1) is 35.5. The van der Waals surface area contributed by atoms with Crippen molar-refractivity contribution in [2.24, 2.45) is 11.8 Å². The molecule has 0 saturated heterocycles. The van der Waals surface area contributed by atoms with Crippen LogP contribution in [0.3, 0.4) is 0 Å². The molecule has 11 heteroatoms. The molecule has 2 N–H and O–H groups in total. The second-order valence-corrected chi connectivity index (χ2v) is 12.9. The molecule has 3 aliphatic rings. The van der Waals surface area contributed by atoms with Gasteiger partial charge in [0, 0.05) is 21.9 Å². The van der Waals surface area contributed by atoms with Gasteiger partial charge < -0.3 is 29.4 Å². The number of amides is 1. The first-order valence-electron chi connectivity index (χ1n) is 15.7. The minimum atomic E-state index is -1.80. The monoisotopic (exact) mass is 687 g/mol. The van der Waals surface area contributed by atoms with E-state index in [0.29, 0.717) is 33.0 Å². The summed E-state index contributed by atoms with van der Waals surface area (Å²) in [5, 5.41) is 14.4. The quantitative estimate of drug-likeness (QED) is 0.160. The highest BCUT2D eigenvalue weighted by atomic mass is 35.5. The molecule has 1 amide bonds. The van der Waals surface area contributed by atoms with E-state index in [1.807, 2.05) is 0 Å². The fourth-order valence-electron chi connectivity index (χ4n) is 6.72. The molecule has 49 heavy (non-hydrogen) atoms. The molecular formula is C38H38ClNO9. The summed E-state index contributed by atoms with van der Waals surface area (Å²) in [4.78, 5) is 53.1. The van der Waals surface area contributed by atoms with E-state index in [1.54, 1.807) is 86.6 Å². The Balaban J connectivity index is 1.75. The van der Waals surface area contributed by atoms with E-state index in [4.69, 9.17) is 30.5 Å². The van der Waals surface area contributed by atoms with Gasteiger partial charge in [0.15, 0.2) is 0 Å². The highest BCUT2D eigenvalue weighted by molar-refractivity contribution is 6.30. The Morgan fingerprint density at radius 3 is 1.71 bits per heavy atom. The second kappa shape index (κ2) is 14.0. The summed E-state index contributed by atoms with van der Waals surface area (Å²) < 4.78 is 24.5. The molecule has 0 radical (unpaired) electrons. The fraction of sp³-hybridized carbons (Fsp3) is 0.316. The number of esters is 2. The van der Waals surface area contributed by atoms with Crippen molar-refractivity contribution in [2.45, 2.75) is 51.1 Å². The van der Waals surface area contributed by atoms with Gasteiger partial charge in [0.25, 0.3) is 0 Å². The molecule has 0 saturated carbocycles. The van der Waals surface area contributed by atoms with Crippen LogP contribution < -0.4 is 5.32 Å². The summed E-state index contributed by atoms with van der Waals surface area (Å²) in [6.07, 6.45) is -1.63. The number of hydrogen-bond donors (Lipinski definition) is 2. The lowest BCUT2D eigenvalue weighted by Gasteiger charge is -2.60. The number of halogens is 1. The topological polar surface area (TPSA) is 137 Å². The Morgan fingerprint density at radius 1 is 0.755 bits per heavy atom. The third-order valence-corrected chi connectivity index (χ3v) is 8.95. The maximum Gasteiger partial charge on any atom is 0.333 e. The molecule has 0 aromatic heterocycles. The molecule has 0 aliphatic heterocycles. The molecule has 0 heterocycles. The predicted octanol–water partition coefficient (Wildman–Crippen LogP) is 6.16. The number of carbonyl (C=O) groups excluding carboxylic acids is 3. The summed E-state index contributed by atoms with van der Waals surface area (Å²) in [6.45, 7) is 13.1. The van der Waals surface area contributed by atoms with Crippen LogP contribution in [-0.4, -0.2) is 54.3 Å². The van der Waals surface area contributed by atoms with Crippen molar-refractivity contribution >= 4 is 41.1 Å². The Bertz CT molecular complexity index is 1820. The number of aliphatic carboxylic acids is 1. The van der Waals surface area contributed by atoms with E-state index in [1.165, 1.54) is 13.8 Å². The van der Waals surface area contributed by atoms with Crippen LogP contribution >= 0.6 is 11.6 Å². The molecule has 3 aliphatic carbocycles. The molecule has 10 nitrogen and oxygen atoms in total. The zero-order valence-electron chi connectivity index (χ0n) is 27.7. The molecule has 6 unspecified atom stereocenters. The number of benzene rings is 3. The van der Waals surface area contributed by atoms with Gasteiger partial charge in [-0.3, -0.25) is 9.59 Å². The first-order chi connectivity index (χ1) is 23.2. The molecule has 6 atom stereocenters. The van der Waals surface area contributed by atoms with Gasteiger partial charge in [-0.05, 0) is 74.2 Å². The van der Waals surface area contributed by atoms with Crippen molar-refractivity contribution in [1.29, 1.82) is 0 Å². The van der Waals surface area contributed by atoms with Crippen LogP contribution in [-0.2, 0) is 49.3 Å². The number of carboxylic acids is 1. The van der Waals surface area contributed by atoms with E-state index in [-0.39, 0.29) is 24.4 Å². The average molecular weight is 688 g/mol.